The molecule has 2 nitrogen and oxygen atoms in total. The predicted molar refractivity (Wildman–Crippen MR) is 74.3 cm³/mol. The van der Waals surface area contributed by atoms with Crippen LogP contribution in [0.1, 0.15) is 5.56 Å². The summed E-state index contributed by atoms with van der Waals surface area (Å²) in [6, 6.07) is 9.56. The third-order valence-electron chi connectivity index (χ3n) is 2.35. The molecule has 2 N–H and O–H groups in total. The molecule has 0 aromatic heterocycles. The van der Waals surface area contributed by atoms with Gasteiger partial charge >= 0.3 is 0 Å². The summed E-state index contributed by atoms with van der Waals surface area (Å²) in [6.45, 7) is 0.339. The van der Waals surface area contributed by atoms with E-state index in [4.69, 9.17) is 22.1 Å². The van der Waals surface area contributed by atoms with Gasteiger partial charge in [0.1, 0.15) is 18.2 Å². The molecule has 0 aliphatic carbocycles. The molecule has 0 heterocycles. The molecule has 0 saturated carbocycles. The quantitative estimate of drug-likeness (QED) is 0.846. The Morgan fingerprint density at radius 2 is 2.00 bits per heavy atom. The first-order valence-electron chi connectivity index (χ1n) is 5.18. The molecule has 0 fully saturated rings. The molecule has 0 radical (unpaired) electrons. The Labute approximate surface area is 118 Å². The van der Waals surface area contributed by atoms with E-state index < -0.39 is 0 Å². The van der Waals surface area contributed by atoms with Crippen LogP contribution in [0.3, 0.4) is 0 Å². The molecule has 0 amide bonds. The van der Waals surface area contributed by atoms with Crippen molar-refractivity contribution in [3.8, 4) is 5.75 Å². The molecule has 0 spiro atoms. The highest BCUT2D eigenvalue weighted by molar-refractivity contribution is 9.10. The fraction of sp³-hybridized carbons (Fsp3) is 0.0769. The Morgan fingerprint density at radius 1 is 1.22 bits per heavy atom. The fourth-order valence-electron chi connectivity index (χ4n) is 1.44. The fourth-order valence-corrected chi connectivity index (χ4v) is 2.02. The summed E-state index contributed by atoms with van der Waals surface area (Å²) < 4.78 is 19.0. The Balaban J connectivity index is 2.09. The maximum Gasteiger partial charge on any atom is 0.134 e. The largest absolute Gasteiger partial charge is 0.488 e. The van der Waals surface area contributed by atoms with Gasteiger partial charge in [-0.25, -0.2) is 4.39 Å². The second kappa shape index (κ2) is 5.59. The van der Waals surface area contributed by atoms with Gasteiger partial charge in [0.15, 0.2) is 0 Å². The minimum atomic E-state index is -0.315. The molecular weight excluding hydrogens is 321 g/mol. The van der Waals surface area contributed by atoms with Gasteiger partial charge in [-0.2, -0.15) is 0 Å². The molecule has 0 unspecified atom stereocenters. The lowest BCUT2D eigenvalue weighted by Gasteiger charge is -2.09. The van der Waals surface area contributed by atoms with E-state index in [1.807, 2.05) is 6.07 Å². The number of halogens is 3. The number of nitrogen functional groups attached to an aromatic ring is 1. The Hall–Kier alpha value is -1.26. The third-order valence-corrected chi connectivity index (χ3v) is 3.31. The second-order valence-corrected chi connectivity index (χ2v) is 4.98. The topological polar surface area (TPSA) is 35.2 Å². The van der Waals surface area contributed by atoms with Crippen molar-refractivity contribution in [3.63, 3.8) is 0 Å². The van der Waals surface area contributed by atoms with Crippen LogP contribution >= 0.6 is 27.5 Å². The van der Waals surface area contributed by atoms with Crippen molar-refractivity contribution >= 4 is 33.2 Å². The number of benzene rings is 2. The molecule has 2 aromatic carbocycles. The molecule has 0 aliphatic heterocycles. The lowest BCUT2D eigenvalue weighted by atomic mass is 10.2. The summed E-state index contributed by atoms with van der Waals surface area (Å²) in [5.74, 6) is 0.259. The summed E-state index contributed by atoms with van der Waals surface area (Å²) in [5.41, 5.74) is 7.10. The van der Waals surface area contributed by atoms with Crippen molar-refractivity contribution in [1.82, 2.24) is 0 Å². The standard InChI is InChI=1S/C13H10BrClFNO/c14-10-6-9(16)2-4-13(10)18-7-8-1-3-11(15)12(17)5-8/h1-6H,7,17H2. The molecule has 0 atom stereocenters. The van der Waals surface area contributed by atoms with E-state index in [0.29, 0.717) is 27.5 Å². The predicted octanol–water partition coefficient (Wildman–Crippen LogP) is 4.40. The third kappa shape index (κ3) is 3.15. The van der Waals surface area contributed by atoms with Crippen LogP contribution < -0.4 is 10.5 Å². The van der Waals surface area contributed by atoms with Gasteiger partial charge in [0, 0.05) is 0 Å². The summed E-state index contributed by atoms with van der Waals surface area (Å²) in [6.07, 6.45) is 0. The number of nitrogens with two attached hydrogens (primary N) is 1. The number of hydrogen-bond acceptors (Lipinski definition) is 2. The van der Waals surface area contributed by atoms with E-state index >= 15 is 0 Å². The maximum atomic E-state index is 12.9. The molecule has 5 heteroatoms. The van der Waals surface area contributed by atoms with E-state index in [2.05, 4.69) is 15.9 Å². The highest BCUT2D eigenvalue weighted by Crippen LogP contribution is 2.27. The van der Waals surface area contributed by atoms with Gasteiger partial charge in [-0.05, 0) is 51.8 Å². The summed E-state index contributed by atoms with van der Waals surface area (Å²) in [7, 11) is 0. The first-order chi connectivity index (χ1) is 8.56. The van der Waals surface area contributed by atoms with Gasteiger partial charge in [0.2, 0.25) is 0 Å². The Kier molecular flexibility index (Phi) is 4.09. The van der Waals surface area contributed by atoms with Gasteiger partial charge < -0.3 is 10.5 Å². The van der Waals surface area contributed by atoms with Crippen LogP contribution in [-0.2, 0) is 6.61 Å². The van der Waals surface area contributed by atoms with Crippen LogP contribution in [0.2, 0.25) is 5.02 Å². The average Bonchev–Trinajstić information content (AvgIpc) is 2.32. The van der Waals surface area contributed by atoms with Crippen molar-refractivity contribution in [2.45, 2.75) is 6.61 Å². The molecule has 18 heavy (non-hydrogen) atoms. The minimum absolute atomic E-state index is 0.315. The van der Waals surface area contributed by atoms with Crippen LogP contribution in [-0.4, -0.2) is 0 Å². The lowest BCUT2D eigenvalue weighted by Crippen LogP contribution is -1.98. The monoisotopic (exact) mass is 329 g/mol. The summed E-state index contributed by atoms with van der Waals surface area (Å²) in [5, 5.41) is 0.515. The SMILES string of the molecule is Nc1cc(COc2ccc(F)cc2Br)ccc1Cl. The minimum Gasteiger partial charge on any atom is -0.488 e. The van der Waals surface area contributed by atoms with Crippen molar-refractivity contribution < 1.29 is 9.13 Å². The van der Waals surface area contributed by atoms with Crippen LogP contribution in [0.25, 0.3) is 0 Å². The van der Waals surface area contributed by atoms with Gasteiger partial charge in [-0.3, -0.25) is 0 Å². The Bertz CT molecular complexity index is 577. The van der Waals surface area contributed by atoms with Gasteiger partial charge in [-0.15, -0.1) is 0 Å². The molecule has 2 rings (SSSR count). The van der Waals surface area contributed by atoms with Crippen LogP contribution in [0.15, 0.2) is 40.9 Å². The van der Waals surface area contributed by atoms with Gasteiger partial charge in [0.05, 0.1) is 15.2 Å². The zero-order chi connectivity index (χ0) is 13.1. The normalized spacial score (nSPS) is 10.4. The molecule has 0 saturated heterocycles. The molecule has 0 aliphatic rings. The number of rotatable bonds is 3. The number of hydrogen-bond donors (Lipinski definition) is 1. The van der Waals surface area contributed by atoms with Crippen LogP contribution in [0.4, 0.5) is 10.1 Å². The Morgan fingerprint density at radius 3 is 2.67 bits per heavy atom. The van der Waals surface area contributed by atoms with Crippen molar-refractivity contribution in [2.75, 3.05) is 5.73 Å². The summed E-state index contributed by atoms with van der Waals surface area (Å²) in [4.78, 5) is 0. The zero-order valence-corrected chi connectivity index (χ0v) is 11.6. The first kappa shape index (κ1) is 13.2. The molecule has 2 aromatic rings. The smallest absolute Gasteiger partial charge is 0.134 e. The lowest BCUT2D eigenvalue weighted by molar-refractivity contribution is 0.304. The zero-order valence-electron chi connectivity index (χ0n) is 9.29. The second-order valence-electron chi connectivity index (χ2n) is 3.72. The van der Waals surface area contributed by atoms with Crippen molar-refractivity contribution in [3.05, 3.63) is 57.3 Å². The molecular formula is C13H10BrClFNO. The number of anilines is 1. The van der Waals surface area contributed by atoms with Gasteiger partial charge in [0.25, 0.3) is 0 Å². The van der Waals surface area contributed by atoms with Crippen LogP contribution in [0, 0.1) is 5.82 Å². The highest BCUT2D eigenvalue weighted by Gasteiger charge is 2.04. The van der Waals surface area contributed by atoms with E-state index in [9.17, 15) is 4.39 Å². The van der Waals surface area contributed by atoms with Gasteiger partial charge in [-0.1, -0.05) is 17.7 Å². The van der Waals surface area contributed by atoms with Crippen molar-refractivity contribution in [1.29, 1.82) is 0 Å². The maximum absolute atomic E-state index is 12.9. The molecule has 0 bridgehead atoms. The number of ether oxygens (including phenoxy) is 1. The molecule has 94 valence electrons. The van der Waals surface area contributed by atoms with E-state index in [1.54, 1.807) is 18.2 Å². The van der Waals surface area contributed by atoms with E-state index in [0.717, 1.165) is 5.56 Å². The average molecular weight is 331 g/mol. The summed E-state index contributed by atoms with van der Waals surface area (Å²) >= 11 is 9.06. The first-order valence-corrected chi connectivity index (χ1v) is 6.35. The van der Waals surface area contributed by atoms with E-state index in [1.165, 1.54) is 12.1 Å². The van der Waals surface area contributed by atoms with Crippen molar-refractivity contribution in [2.24, 2.45) is 0 Å². The van der Waals surface area contributed by atoms with E-state index in [-0.39, 0.29) is 5.82 Å². The van der Waals surface area contributed by atoms with Crippen LogP contribution in [0.5, 0.6) is 5.75 Å². The highest BCUT2D eigenvalue weighted by atomic mass is 79.9.